The molecule has 0 N–H and O–H groups in total. The molecule has 1 heteroatoms. The lowest BCUT2D eigenvalue weighted by Crippen LogP contribution is -2.61. The van der Waals surface area contributed by atoms with Crippen LogP contribution in [-0.4, -0.2) is 0 Å². The average molecular weight is 215 g/mol. The minimum absolute atomic E-state index is 0.423. The molecule has 0 aromatic rings. The Labute approximate surface area is 98.5 Å². The molecule has 0 aromatic heterocycles. The zero-order valence-electron chi connectivity index (χ0n) is 10.7. The van der Waals surface area contributed by atoms with Gasteiger partial charge in [-0.1, -0.05) is 20.8 Å². The van der Waals surface area contributed by atoms with Gasteiger partial charge in [0.2, 0.25) is 0 Å². The summed E-state index contributed by atoms with van der Waals surface area (Å²) >= 11 is 0. The molecule has 86 valence electrons. The molecule has 0 atom stereocenters. The summed E-state index contributed by atoms with van der Waals surface area (Å²) in [4.78, 5) is 0. The van der Waals surface area contributed by atoms with E-state index in [0.717, 1.165) is 12.0 Å². The molecule has 2 bridgehead atoms. The molecule has 0 aliphatic heterocycles. The lowest BCUT2D eigenvalue weighted by atomic mass is 9.33. The lowest BCUT2D eigenvalue weighted by Gasteiger charge is -2.71. The second-order valence-electron chi connectivity index (χ2n) is 7.53. The Balaban J connectivity index is 1.92. The SMILES string of the molecule is CC1(C)CCC(C#N)=C(C23CC(C)(C2)C3)C1. The minimum Gasteiger partial charge on any atom is -0.193 e. The van der Waals surface area contributed by atoms with Gasteiger partial charge >= 0.3 is 0 Å². The molecule has 4 aliphatic rings. The third-order valence-electron chi connectivity index (χ3n) is 5.14. The Bertz CT molecular complexity index is 399. The van der Waals surface area contributed by atoms with E-state index in [0.29, 0.717) is 16.2 Å². The van der Waals surface area contributed by atoms with Crippen molar-refractivity contribution in [3.8, 4) is 6.07 Å². The summed E-state index contributed by atoms with van der Waals surface area (Å²) in [7, 11) is 0. The van der Waals surface area contributed by atoms with E-state index in [1.165, 1.54) is 32.1 Å². The molecule has 4 aliphatic carbocycles. The van der Waals surface area contributed by atoms with E-state index in [2.05, 4.69) is 26.8 Å². The first-order valence-electron chi connectivity index (χ1n) is 6.51. The van der Waals surface area contributed by atoms with Gasteiger partial charge in [0, 0.05) is 5.57 Å². The Morgan fingerprint density at radius 3 is 2.25 bits per heavy atom. The highest BCUT2D eigenvalue weighted by atomic mass is 14.7. The van der Waals surface area contributed by atoms with Gasteiger partial charge in [-0.15, -0.1) is 0 Å². The van der Waals surface area contributed by atoms with E-state index in [9.17, 15) is 5.26 Å². The van der Waals surface area contributed by atoms with Crippen molar-refractivity contribution in [2.75, 3.05) is 0 Å². The molecule has 1 nitrogen and oxygen atoms in total. The average Bonchev–Trinajstić information content (AvgIpc) is 2.10. The van der Waals surface area contributed by atoms with Gasteiger partial charge in [0.15, 0.2) is 0 Å². The van der Waals surface area contributed by atoms with Crippen molar-refractivity contribution in [2.45, 2.75) is 59.3 Å². The van der Waals surface area contributed by atoms with Crippen molar-refractivity contribution < 1.29 is 0 Å². The standard InChI is InChI=1S/C15H21N/c1-13(2)5-4-11(7-16)12(6-13)15-8-14(3,9-15)10-15/h4-6,8-10H2,1-3H3. The Hall–Kier alpha value is -0.770. The monoisotopic (exact) mass is 215 g/mol. The zero-order valence-corrected chi connectivity index (χ0v) is 10.7. The number of rotatable bonds is 1. The molecule has 0 saturated heterocycles. The Morgan fingerprint density at radius 2 is 1.75 bits per heavy atom. The summed E-state index contributed by atoms with van der Waals surface area (Å²) < 4.78 is 0. The predicted octanol–water partition coefficient (Wildman–Crippen LogP) is 4.21. The molecular formula is C15H21N. The van der Waals surface area contributed by atoms with Gasteiger partial charge < -0.3 is 0 Å². The quantitative estimate of drug-likeness (QED) is 0.643. The van der Waals surface area contributed by atoms with Gasteiger partial charge in [-0.3, -0.25) is 0 Å². The molecule has 0 heterocycles. The highest BCUT2D eigenvalue weighted by molar-refractivity contribution is 5.41. The van der Waals surface area contributed by atoms with E-state index >= 15 is 0 Å². The van der Waals surface area contributed by atoms with Crippen LogP contribution in [0.4, 0.5) is 0 Å². The summed E-state index contributed by atoms with van der Waals surface area (Å²) in [6.45, 7) is 7.11. The molecule has 4 rings (SSSR count). The van der Waals surface area contributed by atoms with E-state index in [4.69, 9.17) is 0 Å². The van der Waals surface area contributed by atoms with Crippen LogP contribution in [0.25, 0.3) is 0 Å². The molecule has 0 spiro atoms. The molecular weight excluding hydrogens is 194 g/mol. The number of nitriles is 1. The fourth-order valence-corrected chi connectivity index (χ4v) is 4.53. The third-order valence-corrected chi connectivity index (χ3v) is 5.14. The van der Waals surface area contributed by atoms with Crippen molar-refractivity contribution in [3.63, 3.8) is 0 Å². The maximum Gasteiger partial charge on any atom is 0.0946 e. The van der Waals surface area contributed by atoms with Crippen LogP contribution < -0.4 is 0 Å². The summed E-state index contributed by atoms with van der Waals surface area (Å²) in [5.41, 5.74) is 4.25. The summed E-state index contributed by atoms with van der Waals surface area (Å²) in [6.07, 6.45) is 7.46. The predicted molar refractivity (Wildman–Crippen MR) is 64.7 cm³/mol. The van der Waals surface area contributed by atoms with Crippen molar-refractivity contribution in [2.24, 2.45) is 16.2 Å². The van der Waals surface area contributed by atoms with Crippen molar-refractivity contribution in [1.82, 2.24) is 0 Å². The fourth-order valence-electron chi connectivity index (χ4n) is 4.53. The molecule has 0 unspecified atom stereocenters. The third kappa shape index (κ3) is 1.22. The number of nitrogens with zero attached hydrogens (tertiary/aromatic N) is 1. The van der Waals surface area contributed by atoms with Crippen LogP contribution in [0.2, 0.25) is 0 Å². The maximum absolute atomic E-state index is 9.29. The topological polar surface area (TPSA) is 23.8 Å². The molecule has 0 radical (unpaired) electrons. The maximum atomic E-state index is 9.29. The molecule has 16 heavy (non-hydrogen) atoms. The first-order valence-corrected chi connectivity index (χ1v) is 6.51. The fraction of sp³-hybridized carbons (Fsp3) is 0.800. The van der Waals surface area contributed by atoms with Gasteiger partial charge in [-0.2, -0.15) is 5.26 Å². The first kappa shape index (κ1) is 10.4. The normalized spacial score (nSPS) is 44.4. The molecule has 3 fully saturated rings. The number of allylic oxidation sites excluding steroid dienone is 2. The van der Waals surface area contributed by atoms with Gasteiger partial charge in [0.25, 0.3) is 0 Å². The number of hydrogen-bond acceptors (Lipinski definition) is 1. The van der Waals surface area contributed by atoms with Gasteiger partial charge in [-0.05, 0) is 60.3 Å². The van der Waals surface area contributed by atoms with Crippen LogP contribution in [0.1, 0.15) is 59.3 Å². The highest BCUT2D eigenvalue weighted by Crippen LogP contribution is 2.77. The second-order valence-corrected chi connectivity index (χ2v) is 7.53. The zero-order chi connectivity index (χ0) is 11.6. The van der Waals surface area contributed by atoms with E-state index in [1.54, 1.807) is 5.57 Å². The van der Waals surface area contributed by atoms with Crippen molar-refractivity contribution in [1.29, 1.82) is 5.26 Å². The largest absolute Gasteiger partial charge is 0.193 e. The van der Waals surface area contributed by atoms with Crippen molar-refractivity contribution >= 4 is 0 Å². The van der Waals surface area contributed by atoms with Crippen LogP contribution in [0.3, 0.4) is 0 Å². The van der Waals surface area contributed by atoms with Gasteiger partial charge in [-0.25, -0.2) is 0 Å². The van der Waals surface area contributed by atoms with Crippen LogP contribution >= 0.6 is 0 Å². The number of hydrogen-bond donors (Lipinski definition) is 0. The Kier molecular flexibility index (Phi) is 1.77. The van der Waals surface area contributed by atoms with Crippen molar-refractivity contribution in [3.05, 3.63) is 11.1 Å². The first-order chi connectivity index (χ1) is 7.38. The van der Waals surface area contributed by atoms with E-state index in [1.807, 2.05) is 0 Å². The van der Waals surface area contributed by atoms with Crippen LogP contribution in [0.5, 0.6) is 0 Å². The summed E-state index contributed by atoms with van der Waals surface area (Å²) in [5, 5.41) is 9.29. The Morgan fingerprint density at radius 1 is 1.12 bits per heavy atom. The van der Waals surface area contributed by atoms with E-state index < -0.39 is 0 Å². The van der Waals surface area contributed by atoms with Crippen LogP contribution in [0.15, 0.2) is 11.1 Å². The van der Waals surface area contributed by atoms with Gasteiger partial charge in [0.1, 0.15) is 0 Å². The lowest BCUT2D eigenvalue weighted by molar-refractivity contribution is -0.167. The molecule has 0 amide bonds. The van der Waals surface area contributed by atoms with Crippen LogP contribution in [0, 0.1) is 27.6 Å². The second kappa shape index (κ2) is 2.73. The smallest absolute Gasteiger partial charge is 0.0946 e. The summed E-state index contributed by atoms with van der Waals surface area (Å²) in [5.74, 6) is 0. The minimum atomic E-state index is 0.423. The molecule has 0 aromatic carbocycles. The van der Waals surface area contributed by atoms with Crippen LogP contribution in [-0.2, 0) is 0 Å². The van der Waals surface area contributed by atoms with Gasteiger partial charge in [0.05, 0.1) is 6.07 Å². The van der Waals surface area contributed by atoms with E-state index in [-0.39, 0.29) is 0 Å². The highest BCUT2D eigenvalue weighted by Gasteiger charge is 2.66. The molecule has 3 saturated carbocycles. The summed E-state index contributed by atoms with van der Waals surface area (Å²) in [6, 6.07) is 2.48.